The SMILES string of the molecule is CN(CC(=O)O)C1CCCN(CC(=O)Nc2ccccc2F)CC1. The number of carbonyl (C=O) groups is 2. The minimum atomic E-state index is -0.831. The monoisotopic (exact) mass is 337 g/mol. The van der Waals surface area contributed by atoms with Crippen molar-refractivity contribution < 1.29 is 19.1 Å². The lowest BCUT2D eigenvalue weighted by Crippen LogP contribution is -2.37. The number of rotatable bonds is 6. The number of carboxylic acid groups (broad SMARTS) is 1. The summed E-state index contributed by atoms with van der Waals surface area (Å²) >= 11 is 0. The van der Waals surface area contributed by atoms with E-state index in [2.05, 4.69) is 5.32 Å². The standard InChI is InChI=1S/C17H24FN3O3/c1-20(12-17(23)24)13-5-4-9-21(10-8-13)11-16(22)19-15-7-3-2-6-14(15)18/h2-3,6-7,13H,4-5,8-12H2,1H3,(H,19,22)(H,23,24). The Hall–Kier alpha value is -1.99. The summed E-state index contributed by atoms with van der Waals surface area (Å²) in [5.41, 5.74) is 0.191. The van der Waals surface area contributed by atoms with E-state index in [0.717, 1.165) is 32.4 Å². The van der Waals surface area contributed by atoms with Crippen LogP contribution in [-0.2, 0) is 9.59 Å². The summed E-state index contributed by atoms with van der Waals surface area (Å²) in [4.78, 5) is 26.8. The molecule has 1 fully saturated rings. The zero-order valence-electron chi connectivity index (χ0n) is 13.9. The van der Waals surface area contributed by atoms with E-state index in [4.69, 9.17) is 5.11 Å². The molecule has 6 nitrogen and oxygen atoms in total. The van der Waals surface area contributed by atoms with Crippen LogP contribution in [0.3, 0.4) is 0 Å². The molecule has 2 N–H and O–H groups in total. The van der Waals surface area contributed by atoms with E-state index in [-0.39, 0.29) is 30.7 Å². The zero-order valence-corrected chi connectivity index (χ0v) is 13.9. The second-order valence-electron chi connectivity index (χ2n) is 6.20. The second-order valence-corrected chi connectivity index (χ2v) is 6.20. The number of amides is 1. The van der Waals surface area contributed by atoms with E-state index in [1.807, 2.05) is 16.8 Å². The molecule has 1 atom stereocenters. The Labute approximate surface area is 141 Å². The van der Waals surface area contributed by atoms with Crippen molar-refractivity contribution in [1.82, 2.24) is 9.80 Å². The third kappa shape index (κ3) is 5.58. The van der Waals surface area contributed by atoms with Crippen LogP contribution in [0.4, 0.5) is 10.1 Å². The van der Waals surface area contributed by atoms with E-state index >= 15 is 0 Å². The average molecular weight is 337 g/mol. The Morgan fingerprint density at radius 1 is 1.33 bits per heavy atom. The summed E-state index contributed by atoms with van der Waals surface area (Å²) in [5.74, 6) is -1.52. The maximum atomic E-state index is 13.6. The van der Waals surface area contributed by atoms with Crippen molar-refractivity contribution in [2.45, 2.75) is 25.3 Å². The van der Waals surface area contributed by atoms with Crippen LogP contribution in [0.5, 0.6) is 0 Å². The summed E-state index contributed by atoms with van der Waals surface area (Å²) in [6.07, 6.45) is 2.63. The minimum absolute atomic E-state index is 0.0262. The highest BCUT2D eigenvalue weighted by molar-refractivity contribution is 5.92. The first-order valence-electron chi connectivity index (χ1n) is 8.14. The smallest absolute Gasteiger partial charge is 0.317 e. The van der Waals surface area contributed by atoms with Crippen LogP contribution >= 0.6 is 0 Å². The maximum Gasteiger partial charge on any atom is 0.317 e. The van der Waals surface area contributed by atoms with Crippen molar-refractivity contribution >= 4 is 17.6 Å². The number of benzene rings is 1. The molecule has 1 saturated heterocycles. The minimum Gasteiger partial charge on any atom is -0.480 e. The van der Waals surface area contributed by atoms with Gasteiger partial charge in [0.1, 0.15) is 5.82 Å². The highest BCUT2D eigenvalue weighted by Crippen LogP contribution is 2.16. The molecule has 0 bridgehead atoms. The molecule has 1 amide bonds. The van der Waals surface area contributed by atoms with E-state index in [1.54, 1.807) is 12.1 Å². The van der Waals surface area contributed by atoms with Crippen molar-refractivity contribution in [3.05, 3.63) is 30.1 Å². The summed E-state index contributed by atoms with van der Waals surface area (Å²) in [6, 6.07) is 6.30. The van der Waals surface area contributed by atoms with Gasteiger partial charge in [-0.2, -0.15) is 0 Å². The van der Waals surface area contributed by atoms with Crippen LogP contribution in [0.2, 0.25) is 0 Å². The van der Waals surface area contributed by atoms with Crippen molar-refractivity contribution in [2.24, 2.45) is 0 Å². The van der Waals surface area contributed by atoms with Crippen molar-refractivity contribution in [1.29, 1.82) is 0 Å². The van der Waals surface area contributed by atoms with Crippen molar-refractivity contribution in [3.8, 4) is 0 Å². The molecule has 0 radical (unpaired) electrons. The molecule has 1 aromatic rings. The number of nitrogens with zero attached hydrogens (tertiary/aromatic N) is 2. The Kier molecular flexibility index (Phi) is 6.69. The molecule has 132 valence electrons. The number of anilines is 1. The first-order chi connectivity index (χ1) is 11.5. The number of nitrogens with one attached hydrogen (secondary N) is 1. The quantitative estimate of drug-likeness (QED) is 0.825. The largest absolute Gasteiger partial charge is 0.480 e. The summed E-state index contributed by atoms with van der Waals surface area (Å²) in [7, 11) is 1.82. The number of halogens is 1. The fourth-order valence-electron chi connectivity index (χ4n) is 3.03. The van der Waals surface area contributed by atoms with Gasteiger partial charge in [-0.05, 0) is 45.0 Å². The van der Waals surface area contributed by atoms with Gasteiger partial charge in [0.15, 0.2) is 0 Å². The van der Waals surface area contributed by atoms with Crippen molar-refractivity contribution in [3.63, 3.8) is 0 Å². The molecule has 0 saturated carbocycles. The van der Waals surface area contributed by atoms with E-state index in [9.17, 15) is 14.0 Å². The summed E-state index contributed by atoms with van der Waals surface area (Å²) in [5, 5.41) is 11.5. The molecule has 1 aromatic carbocycles. The molecule has 0 aromatic heterocycles. The zero-order chi connectivity index (χ0) is 17.5. The predicted octanol–water partition coefficient (Wildman–Crippen LogP) is 1.64. The van der Waals surface area contributed by atoms with Gasteiger partial charge in [0.05, 0.1) is 18.8 Å². The number of para-hydroxylation sites is 1. The highest BCUT2D eigenvalue weighted by Gasteiger charge is 2.22. The molecule has 1 heterocycles. The number of hydrogen-bond acceptors (Lipinski definition) is 4. The number of carbonyl (C=O) groups excluding carboxylic acids is 1. The first kappa shape index (κ1) is 18.4. The lowest BCUT2D eigenvalue weighted by atomic mass is 10.1. The number of likely N-dealkylation sites (tertiary alicyclic amines) is 1. The maximum absolute atomic E-state index is 13.6. The summed E-state index contributed by atoms with van der Waals surface area (Å²) < 4.78 is 13.6. The second kappa shape index (κ2) is 8.75. The molecular formula is C17H24FN3O3. The van der Waals surface area contributed by atoms with Gasteiger partial charge in [-0.15, -0.1) is 0 Å². The van der Waals surface area contributed by atoms with Crippen LogP contribution < -0.4 is 5.32 Å². The van der Waals surface area contributed by atoms with E-state index < -0.39 is 11.8 Å². The Bertz CT molecular complexity index is 582. The van der Waals surface area contributed by atoms with Gasteiger partial charge in [0.25, 0.3) is 0 Å². The van der Waals surface area contributed by atoms with Crippen LogP contribution in [-0.4, -0.2) is 66.1 Å². The molecule has 0 spiro atoms. The van der Waals surface area contributed by atoms with Gasteiger partial charge in [0, 0.05) is 12.6 Å². The Morgan fingerprint density at radius 3 is 2.79 bits per heavy atom. The molecular weight excluding hydrogens is 313 g/mol. The third-order valence-electron chi connectivity index (χ3n) is 4.31. The molecule has 0 aliphatic carbocycles. The number of aliphatic carboxylic acids is 1. The number of likely N-dealkylation sites (N-methyl/N-ethyl adjacent to an activating group) is 1. The number of hydrogen-bond donors (Lipinski definition) is 2. The molecule has 1 unspecified atom stereocenters. The fourth-order valence-corrected chi connectivity index (χ4v) is 3.03. The summed E-state index contributed by atoms with van der Waals surface area (Å²) in [6.45, 7) is 1.74. The van der Waals surface area contributed by atoms with Gasteiger partial charge in [-0.3, -0.25) is 19.4 Å². The van der Waals surface area contributed by atoms with Crippen LogP contribution in [0, 0.1) is 5.82 Å². The highest BCUT2D eigenvalue weighted by atomic mass is 19.1. The van der Waals surface area contributed by atoms with Gasteiger partial charge >= 0.3 is 5.97 Å². The Balaban J connectivity index is 1.82. The normalized spacial score (nSPS) is 19.0. The van der Waals surface area contributed by atoms with Gasteiger partial charge < -0.3 is 10.4 Å². The molecule has 1 aliphatic heterocycles. The van der Waals surface area contributed by atoms with Gasteiger partial charge in [0.2, 0.25) is 5.91 Å². The topological polar surface area (TPSA) is 72.9 Å². The molecule has 1 aliphatic rings. The molecule has 24 heavy (non-hydrogen) atoms. The van der Waals surface area contributed by atoms with Gasteiger partial charge in [-0.1, -0.05) is 12.1 Å². The van der Waals surface area contributed by atoms with Crippen LogP contribution in [0.15, 0.2) is 24.3 Å². The van der Waals surface area contributed by atoms with E-state index in [1.165, 1.54) is 12.1 Å². The first-order valence-corrected chi connectivity index (χ1v) is 8.14. The van der Waals surface area contributed by atoms with Crippen LogP contribution in [0.1, 0.15) is 19.3 Å². The lowest BCUT2D eigenvalue weighted by Gasteiger charge is -2.25. The van der Waals surface area contributed by atoms with Gasteiger partial charge in [-0.25, -0.2) is 4.39 Å². The van der Waals surface area contributed by atoms with Crippen molar-refractivity contribution in [2.75, 3.05) is 38.5 Å². The predicted molar refractivity (Wildman–Crippen MR) is 89.4 cm³/mol. The third-order valence-corrected chi connectivity index (χ3v) is 4.31. The average Bonchev–Trinajstić information content (AvgIpc) is 2.74. The fraction of sp³-hybridized carbons (Fsp3) is 0.529. The Morgan fingerprint density at radius 2 is 2.08 bits per heavy atom. The molecule has 7 heteroatoms. The van der Waals surface area contributed by atoms with E-state index in [0.29, 0.717) is 0 Å². The number of carboxylic acids is 1. The molecule has 2 rings (SSSR count). The lowest BCUT2D eigenvalue weighted by molar-refractivity contribution is -0.138. The van der Waals surface area contributed by atoms with Crippen LogP contribution in [0.25, 0.3) is 0 Å².